The predicted octanol–water partition coefficient (Wildman–Crippen LogP) is 3.98. The van der Waals surface area contributed by atoms with E-state index in [9.17, 15) is 4.79 Å². The molecule has 0 saturated heterocycles. The largest absolute Gasteiger partial charge is 0.454 e. The molecule has 0 bridgehead atoms. The van der Waals surface area contributed by atoms with E-state index in [2.05, 4.69) is 15.6 Å². The topological polar surface area (TPSA) is 72.5 Å². The molecule has 4 rings (SSSR count). The molecule has 0 atom stereocenters. The van der Waals surface area contributed by atoms with E-state index in [0.29, 0.717) is 17.9 Å². The highest BCUT2D eigenvalue weighted by Crippen LogP contribution is 2.32. The summed E-state index contributed by atoms with van der Waals surface area (Å²) in [6.07, 6.45) is 1.69. The van der Waals surface area contributed by atoms with Gasteiger partial charge in [0.05, 0.1) is 11.9 Å². The van der Waals surface area contributed by atoms with Gasteiger partial charge in [-0.1, -0.05) is 23.8 Å². The molecule has 2 N–H and O–H groups in total. The Morgan fingerprint density at radius 1 is 1.04 bits per heavy atom. The molecule has 1 aliphatic heterocycles. The van der Waals surface area contributed by atoms with Crippen LogP contribution in [0.15, 0.2) is 60.8 Å². The molecule has 0 spiro atoms. The number of rotatable bonds is 5. The van der Waals surface area contributed by atoms with Crippen LogP contribution in [0.25, 0.3) is 0 Å². The molecule has 0 aliphatic carbocycles. The lowest BCUT2D eigenvalue weighted by Crippen LogP contribution is -2.12. The molecule has 3 aromatic rings. The minimum absolute atomic E-state index is 0.177. The van der Waals surface area contributed by atoms with Crippen molar-refractivity contribution in [1.29, 1.82) is 0 Å². The maximum absolute atomic E-state index is 12.2. The Labute approximate surface area is 157 Å². The average molecular weight is 361 g/mol. The Balaban J connectivity index is 1.34. The number of amides is 1. The molecule has 27 heavy (non-hydrogen) atoms. The monoisotopic (exact) mass is 361 g/mol. The minimum Gasteiger partial charge on any atom is -0.454 e. The number of hydrogen-bond acceptors (Lipinski definition) is 5. The van der Waals surface area contributed by atoms with Crippen LogP contribution in [-0.2, 0) is 6.54 Å². The fourth-order valence-electron chi connectivity index (χ4n) is 2.72. The van der Waals surface area contributed by atoms with Crippen LogP contribution in [0.1, 0.15) is 21.5 Å². The van der Waals surface area contributed by atoms with Crippen LogP contribution in [0.3, 0.4) is 0 Å². The second-order valence-corrected chi connectivity index (χ2v) is 6.29. The summed E-state index contributed by atoms with van der Waals surface area (Å²) in [5, 5.41) is 6.10. The maximum Gasteiger partial charge on any atom is 0.256 e. The van der Waals surface area contributed by atoms with E-state index in [0.717, 1.165) is 28.3 Å². The van der Waals surface area contributed by atoms with E-state index >= 15 is 0 Å². The van der Waals surface area contributed by atoms with Crippen molar-refractivity contribution in [2.75, 3.05) is 17.4 Å². The summed E-state index contributed by atoms with van der Waals surface area (Å²) < 4.78 is 10.7. The van der Waals surface area contributed by atoms with Gasteiger partial charge >= 0.3 is 0 Å². The van der Waals surface area contributed by atoms with Gasteiger partial charge in [-0.3, -0.25) is 4.79 Å². The molecule has 6 heteroatoms. The number of anilines is 2. The van der Waals surface area contributed by atoms with Gasteiger partial charge in [-0.05, 0) is 48.9 Å². The van der Waals surface area contributed by atoms with E-state index in [1.807, 2.05) is 43.3 Å². The Hall–Kier alpha value is -3.54. The van der Waals surface area contributed by atoms with Gasteiger partial charge in [0.1, 0.15) is 5.82 Å². The molecule has 1 aliphatic rings. The van der Waals surface area contributed by atoms with Crippen LogP contribution in [0.2, 0.25) is 0 Å². The molecule has 0 fully saturated rings. The zero-order valence-corrected chi connectivity index (χ0v) is 14.9. The molecular formula is C21H19N3O3. The number of carbonyl (C=O) groups is 1. The van der Waals surface area contributed by atoms with Crippen LogP contribution < -0.4 is 20.1 Å². The first-order valence-electron chi connectivity index (χ1n) is 8.64. The molecule has 2 heterocycles. The third kappa shape index (κ3) is 4.00. The van der Waals surface area contributed by atoms with Gasteiger partial charge in [0.2, 0.25) is 6.79 Å². The van der Waals surface area contributed by atoms with Crippen molar-refractivity contribution < 1.29 is 14.3 Å². The first kappa shape index (κ1) is 16.9. The smallest absolute Gasteiger partial charge is 0.256 e. The van der Waals surface area contributed by atoms with Gasteiger partial charge in [-0.25, -0.2) is 4.98 Å². The Morgan fingerprint density at radius 3 is 2.63 bits per heavy atom. The summed E-state index contributed by atoms with van der Waals surface area (Å²) in [6, 6.07) is 16.9. The van der Waals surface area contributed by atoms with E-state index in [-0.39, 0.29) is 12.7 Å². The lowest BCUT2D eigenvalue weighted by atomic mass is 10.1. The Bertz CT molecular complexity index is 953. The Morgan fingerprint density at radius 2 is 1.85 bits per heavy atom. The van der Waals surface area contributed by atoms with Crippen molar-refractivity contribution in [2.45, 2.75) is 13.5 Å². The van der Waals surface area contributed by atoms with Crippen LogP contribution in [0.4, 0.5) is 11.5 Å². The van der Waals surface area contributed by atoms with Crippen molar-refractivity contribution in [3.63, 3.8) is 0 Å². The number of fused-ring (bicyclic) bond motifs is 1. The van der Waals surface area contributed by atoms with Gasteiger partial charge in [0.15, 0.2) is 11.5 Å². The summed E-state index contributed by atoms with van der Waals surface area (Å²) in [5.41, 5.74) is 3.66. The molecule has 2 aromatic carbocycles. The average Bonchev–Trinajstić information content (AvgIpc) is 3.16. The maximum atomic E-state index is 12.2. The summed E-state index contributed by atoms with van der Waals surface area (Å²) in [6.45, 7) is 2.89. The van der Waals surface area contributed by atoms with Gasteiger partial charge in [-0.15, -0.1) is 0 Å². The molecule has 1 amide bonds. The minimum atomic E-state index is -0.177. The predicted molar refractivity (Wildman–Crippen MR) is 103 cm³/mol. The molecular weight excluding hydrogens is 342 g/mol. The number of pyridine rings is 1. The summed E-state index contributed by atoms with van der Waals surface area (Å²) in [5.74, 6) is 1.87. The van der Waals surface area contributed by atoms with Gasteiger partial charge in [0.25, 0.3) is 5.91 Å². The highest BCUT2D eigenvalue weighted by molar-refractivity contribution is 6.03. The standard InChI is InChI=1S/C21H19N3O3/c1-14-2-5-16(6-3-14)21(25)24-20-9-7-17(12-23-20)22-11-15-4-8-18-19(10-15)27-13-26-18/h2-10,12,22H,11,13H2,1H3,(H,23,24,25). The zero-order valence-electron chi connectivity index (χ0n) is 14.9. The van der Waals surface area contributed by atoms with Crippen molar-refractivity contribution >= 4 is 17.4 Å². The van der Waals surface area contributed by atoms with E-state index in [4.69, 9.17) is 9.47 Å². The molecule has 0 saturated carbocycles. The fraction of sp³-hybridized carbons (Fsp3) is 0.143. The number of aromatic nitrogens is 1. The number of benzene rings is 2. The molecule has 1 aromatic heterocycles. The molecule has 6 nitrogen and oxygen atoms in total. The number of aryl methyl sites for hydroxylation is 1. The lowest BCUT2D eigenvalue weighted by molar-refractivity contribution is 0.102. The van der Waals surface area contributed by atoms with Crippen LogP contribution >= 0.6 is 0 Å². The van der Waals surface area contributed by atoms with Crippen LogP contribution in [0, 0.1) is 6.92 Å². The van der Waals surface area contributed by atoms with E-state index in [1.165, 1.54) is 0 Å². The van der Waals surface area contributed by atoms with Crippen LogP contribution in [0.5, 0.6) is 11.5 Å². The third-order valence-electron chi connectivity index (χ3n) is 4.25. The van der Waals surface area contributed by atoms with Crippen molar-refractivity contribution in [3.05, 3.63) is 77.5 Å². The highest BCUT2D eigenvalue weighted by Gasteiger charge is 2.13. The van der Waals surface area contributed by atoms with Gasteiger partial charge < -0.3 is 20.1 Å². The SMILES string of the molecule is Cc1ccc(C(=O)Nc2ccc(NCc3ccc4c(c3)OCO4)cn2)cc1. The normalized spacial score (nSPS) is 11.9. The van der Waals surface area contributed by atoms with E-state index < -0.39 is 0 Å². The van der Waals surface area contributed by atoms with Crippen molar-refractivity contribution in [1.82, 2.24) is 4.98 Å². The third-order valence-corrected chi connectivity index (χ3v) is 4.25. The summed E-state index contributed by atoms with van der Waals surface area (Å²) >= 11 is 0. The van der Waals surface area contributed by atoms with Crippen molar-refractivity contribution in [2.24, 2.45) is 0 Å². The van der Waals surface area contributed by atoms with Gasteiger partial charge in [-0.2, -0.15) is 0 Å². The molecule has 0 radical (unpaired) electrons. The first-order valence-corrected chi connectivity index (χ1v) is 8.64. The zero-order chi connectivity index (χ0) is 18.6. The number of carbonyl (C=O) groups excluding carboxylic acids is 1. The fourth-order valence-corrected chi connectivity index (χ4v) is 2.72. The first-order chi connectivity index (χ1) is 13.2. The molecule has 0 unspecified atom stereocenters. The highest BCUT2D eigenvalue weighted by atomic mass is 16.7. The number of nitrogens with one attached hydrogen (secondary N) is 2. The number of hydrogen-bond donors (Lipinski definition) is 2. The second-order valence-electron chi connectivity index (χ2n) is 6.29. The number of nitrogens with zero attached hydrogens (tertiary/aromatic N) is 1. The quantitative estimate of drug-likeness (QED) is 0.719. The van der Waals surface area contributed by atoms with Gasteiger partial charge in [0, 0.05) is 12.1 Å². The second kappa shape index (κ2) is 7.37. The summed E-state index contributed by atoms with van der Waals surface area (Å²) in [4.78, 5) is 16.5. The summed E-state index contributed by atoms with van der Waals surface area (Å²) in [7, 11) is 0. The van der Waals surface area contributed by atoms with E-state index in [1.54, 1.807) is 24.4 Å². The lowest BCUT2D eigenvalue weighted by Gasteiger charge is -2.09. The molecule has 136 valence electrons. The number of ether oxygens (including phenoxy) is 2. The van der Waals surface area contributed by atoms with Crippen molar-refractivity contribution in [3.8, 4) is 11.5 Å². The van der Waals surface area contributed by atoms with Crippen LogP contribution in [-0.4, -0.2) is 17.7 Å². The Kier molecular flexibility index (Phi) is 4.61.